The Morgan fingerprint density at radius 3 is 2.68 bits per heavy atom. The number of anilines is 2. The minimum Gasteiger partial charge on any atom is -0.365 e. The quantitative estimate of drug-likeness (QED) is 0.551. The van der Waals surface area contributed by atoms with Gasteiger partial charge in [0.15, 0.2) is 5.65 Å². The second-order valence-corrected chi connectivity index (χ2v) is 6.47. The van der Waals surface area contributed by atoms with E-state index in [2.05, 4.69) is 25.6 Å². The molecule has 4 aromatic rings. The smallest absolute Gasteiger partial charge is 0.255 e. The molecule has 28 heavy (non-hydrogen) atoms. The van der Waals surface area contributed by atoms with Gasteiger partial charge in [-0.3, -0.25) is 4.79 Å². The van der Waals surface area contributed by atoms with Gasteiger partial charge in [0, 0.05) is 24.0 Å². The minimum absolute atomic E-state index is 0.127. The number of aromatic nitrogens is 3. The van der Waals surface area contributed by atoms with Crippen LogP contribution in [-0.2, 0) is 6.54 Å². The van der Waals surface area contributed by atoms with Crippen molar-refractivity contribution in [2.45, 2.75) is 13.5 Å². The molecule has 0 fully saturated rings. The lowest BCUT2D eigenvalue weighted by Gasteiger charge is -2.10. The summed E-state index contributed by atoms with van der Waals surface area (Å²) in [6, 6.07) is 19.0. The Labute approximate surface area is 162 Å². The molecule has 0 radical (unpaired) electrons. The molecule has 2 aromatic carbocycles. The van der Waals surface area contributed by atoms with Crippen molar-refractivity contribution < 1.29 is 4.79 Å². The molecule has 4 rings (SSSR count). The van der Waals surface area contributed by atoms with Crippen molar-refractivity contribution in [1.29, 1.82) is 0 Å². The minimum atomic E-state index is -0.127. The number of amides is 1. The van der Waals surface area contributed by atoms with E-state index in [0.717, 1.165) is 28.0 Å². The summed E-state index contributed by atoms with van der Waals surface area (Å²) < 4.78 is 0. The van der Waals surface area contributed by atoms with Gasteiger partial charge in [0.2, 0.25) is 0 Å². The highest BCUT2D eigenvalue weighted by atomic mass is 16.1. The third-order valence-corrected chi connectivity index (χ3v) is 4.37. The molecule has 0 spiro atoms. The van der Waals surface area contributed by atoms with Crippen LogP contribution in [0, 0.1) is 6.92 Å². The molecule has 6 nitrogen and oxygen atoms in total. The average Bonchev–Trinajstić information content (AvgIpc) is 2.73. The van der Waals surface area contributed by atoms with E-state index in [1.54, 1.807) is 6.20 Å². The highest BCUT2D eigenvalue weighted by Gasteiger charge is 2.07. The Balaban J connectivity index is 1.46. The molecule has 2 aromatic heterocycles. The molecule has 0 bridgehead atoms. The highest BCUT2D eigenvalue weighted by molar-refractivity contribution is 6.04. The van der Waals surface area contributed by atoms with Crippen LogP contribution in [0.2, 0.25) is 0 Å². The first-order chi connectivity index (χ1) is 13.7. The first kappa shape index (κ1) is 17.6. The molecule has 138 valence electrons. The number of nitrogens with zero attached hydrogens (tertiary/aromatic N) is 3. The molecular formula is C22H19N5O. The van der Waals surface area contributed by atoms with Crippen LogP contribution in [0.4, 0.5) is 11.5 Å². The van der Waals surface area contributed by atoms with Gasteiger partial charge in [-0.2, -0.15) is 0 Å². The molecule has 0 saturated carbocycles. The summed E-state index contributed by atoms with van der Waals surface area (Å²) in [5.74, 6) is 0.602. The van der Waals surface area contributed by atoms with Gasteiger partial charge in [-0.15, -0.1) is 0 Å². The number of hydrogen-bond acceptors (Lipinski definition) is 5. The molecule has 2 heterocycles. The second kappa shape index (κ2) is 7.84. The molecule has 0 atom stereocenters. The normalized spacial score (nSPS) is 10.6. The number of aryl methyl sites for hydroxylation is 1. The standard InChI is InChI=1S/C22H19N5O/c1-15-7-9-17(10-8-15)22(28)27-18-5-2-4-16(12-18)13-24-21-19-6-3-11-23-20(19)25-14-26-21/h2-12,14H,13H2,1H3,(H,27,28)(H,23,24,25,26). The van der Waals surface area contributed by atoms with Gasteiger partial charge in [-0.25, -0.2) is 15.0 Å². The zero-order valence-electron chi connectivity index (χ0n) is 15.4. The largest absolute Gasteiger partial charge is 0.365 e. The summed E-state index contributed by atoms with van der Waals surface area (Å²) in [6.07, 6.45) is 3.20. The molecule has 0 aliphatic heterocycles. The molecule has 0 unspecified atom stereocenters. The molecule has 0 saturated heterocycles. The Morgan fingerprint density at radius 1 is 0.964 bits per heavy atom. The molecular weight excluding hydrogens is 350 g/mol. The number of carbonyl (C=O) groups is 1. The second-order valence-electron chi connectivity index (χ2n) is 6.47. The van der Waals surface area contributed by atoms with E-state index in [-0.39, 0.29) is 5.91 Å². The predicted octanol–water partition coefficient (Wildman–Crippen LogP) is 4.20. The number of hydrogen-bond donors (Lipinski definition) is 2. The van der Waals surface area contributed by atoms with Crippen molar-refractivity contribution in [1.82, 2.24) is 15.0 Å². The van der Waals surface area contributed by atoms with Gasteiger partial charge in [-0.05, 0) is 48.9 Å². The lowest BCUT2D eigenvalue weighted by molar-refractivity contribution is 0.102. The third kappa shape index (κ3) is 3.96. The molecule has 0 aliphatic rings. The van der Waals surface area contributed by atoms with Gasteiger partial charge in [-0.1, -0.05) is 29.8 Å². The Hall–Kier alpha value is -3.80. The molecule has 2 N–H and O–H groups in total. The van der Waals surface area contributed by atoms with Crippen molar-refractivity contribution in [3.8, 4) is 0 Å². The van der Waals surface area contributed by atoms with Crippen molar-refractivity contribution >= 4 is 28.4 Å². The van der Waals surface area contributed by atoms with Gasteiger partial charge < -0.3 is 10.6 Å². The number of nitrogens with one attached hydrogen (secondary N) is 2. The number of fused-ring (bicyclic) bond motifs is 1. The van der Waals surface area contributed by atoms with Gasteiger partial charge in [0.1, 0.15) is 12.1 Å². The lowest BCUT2D eigenvalue weighted by atomic mass is 10.1. The van der Waals surface area contributed by atoms with E-state index in [0.29, 0.717) is 17.8 Å². The van der Waals surface area contributed by atoms with E-state index in [1.165, 1.54) is 6.33 Å². The zero-order chi connectivity index (χ0) is 19.3. The summed E-state index contributed by atoms with van der Waals surface area (Å²) in [6.45, 7) is 2.56. The van der Waals surface area contributed by atoms with Gasteiger partial charge in [0.05, 0.1) is 5.39 Å². The van der Waals surface area contributed by atoms with Crippen molar-refractivity contribution in [3.63, 3.8) is 0 Å². The van der Waals surface area contributed by atoms with E-state index < -0.39 is 0 Å². The van der Waals surface area contributed by atoms with Crippen LogP contribution < -0.4 is 10.6 Å². The van der Waals surface area contributed by atoms with Gasteiger partial charge >= 0.3 is 0 Å². The summed E-state index contributed by atoms with van der Waals surface area (Å²) in [7, 11) is 0. The first-order valence-electron chi connectivity index (χ1n) is 8.95. The van der Waals surface area contributed by atoms with Crippen LogP contribution in [-0.4, -0.2) is 20.9 Å². The summed E-state index contributed by atoms with van der Waals surface area (Å²) in [4.78, 5) is 25.1. The first-order valence-corrected chi connectivity index (χ1v) is 8.95. The van der Waals surface area contributed by atoms with Crippen LogP contribution in [0.1, 0.15) is 21.5 Å². The maximum Gasteiger partial charge on any atom is 0.255 e. The van der Waals surface area contributed by atoms with Gasteiger partial charge in [0.25, 0.3) is 5.91 Å². The van der Waals surface area contributed by atoms with Crippen LogP contribution in [0.15, 0.2) is 73.2 Å². The molecule has 0 aliphatic carbocycles. The molecule has 6 heteroatoms. The van der Waals surface area contributed by atoms with Crippen molar-refractivity contribution in [3.05, 3.63) is 89.9 Å². The maximum atomic E-state index is 12.4. The van der Waals surface area contributed by atoms with Crippen molar-refractivity contribution in [2.24, 2.45) is 0 Å². The summed E-state index contributed by atoms with van der Waals surface area (Å²) >= 11 is 0. The number of rotatable bonds is 5. The van der Waals surface area contributed by atoms with E-state index >= 15 is 0 Å². The SMILES string of the molecule is Cc1ccc(C(=O)Nc2cccc(CNc3ncnc4ncccc34)c2)cc1. The number of benzene rings is 2. The summed E-state index contributed by atoms with van der Waals surface area (Å²) in [5.41, 5.74) is 4.18. The fraction of sp³-hybridized carbons (Fsp3) is 0.0909. The molecule has 1 amide bonds. The summed E-state index contributed by atoms with van der Waals surface area (Å²) in [5, 5.41) is 7.13. The van der Waals surface area contributed by atoms with Crippen LogP contribution in [0.5, 0.6) is 0 Å². The lowest BCUT2D eigenvalue weighted by Crippen LogP contribution is -2.12. The highest BCUT2D eigenvalue weighted by Crippen LogP contribution is 2.18. The van der Waals surface area contributed by atoms with Crippen LogP contribution in [0.25, 0.3) is 11.0 Å². The zero-order valence-corrected chi connectivity index (χ0v) is 15.4. The number of pyridine rings is 1. The van der Waals surface area contributed by atoms with Crippen LogP contribution in [0.3, 0.4) is 0 Å². The van der Waals surface area contributed by atoms with E-state index in [4.69, 9.17) is 0 Å². The van der Waals surface area contributed by atoms with E-state index in [1.807, 2.05) is 67.6 Å². The van der Waals surface area contributed by atoms with Crippen molar-refractivity contribution in [2.75, 3.05) is 10.6 Å². The fourth-order valence-corrected chi connectivity index (χ4v) is 2.89. The third-order valence-electron chi connectivity index (χ3n) is 4.37. The Bertz CT molecular complexity index is 1120. The topological polar surface area (TPSA) is 79.8 Å². The monoisotopic (exact) mass is 369 g/mol. The maximum absolute atomic E-state index is 12.4. The van der Waals surface area contributed by atoms with E-state index in [9.17, 15) is 4.79 Å². The van der Waals surface area contributed by atoms with Crippen LogP contribution >= 0.6 is 0 Å². The fourth-order valence-electron chi connectivity index (χ4n) is 2.89. The Morgan fingerprint density at radius 2 is 1.82 bits per heavy atom. The average molecular weight is 369 g/mol. The Kier molecular flexibility index (Phi) is 4.93. The predicted molar refractivity (Wildman–Crippen MR) is 110 cm³/mol. The number of carbonyl (C=O) groups excluding carboxylic acids is 1.